The summed E-state index contributed by atoms with van der Waals surface area (Å²) in [6, 6.07) is 20.7. The van der Waals surface area contributed by atoms with Crippen LogP contribution in [0.25, 0.3) is 17.1 Å². The molecule has 1 amide bonds. The van der Waals surface area contributed by atoms with Crippen LogP contribution in [0.4, 0.5) is 0 Å². The van der Waals surface area contributed by atoms with Crippen molar-refractivity contribution in [2.75, 3.05) is 33.7 Å². The molecule has 202 valence electrons. The summed E-state index contributed by atoms with van der Waals surface area (Å²) in [6.07, 6.45) is 1.58. The normalized spacial score (nSPS) is 10.9. The summed E-state index contributed by atoms with van der Waals surface area (Å²) in [7, 11) is 4.66. The molecule has 3 aromatic carbocycles. The summed E-state index contributed by atoms with van der Waals surface area (Å²) in [5, 5.41) is 13.4. The molecular weight excluding hydrogens is 518 g/mol. The van der Waals surface area contributed by atoms with Crippen molar-refractivity contribution >= 4 is 23.9 Å². The highest BCUT2D eigenvalue weighted by atomic mass is 32.2. The number of hydrogen-bond donors (Lipinski definition) is 1. The first kappa shape index (κ1) is 27.5. The molecule has 0 aliphatic heterocycles. The van der Waals surface area contributed by atoms with Crippen LogP contribution in [0.1, 0.15) is 12.5 Å². The number of hydrogen-bond acceptors (Lipinski definition) is 9. The predicted octanol–water partition coefficient (Wildman–Crippen LogP) is 4.60. The Balaban J connectivity index is 1.54. The highest BCUT2D eigenvalue weighted by Crippen LogP contribution is 2.41. The lowest BCUT2D eigenvalue weighted by molar-refractivity contribution is -0.118. The molecule has 0 radical (unpaired) electrons. The number of amides is 1. The van der Waals surface area contributed by atoms with Crippen molar-refractivity contribution in [3.05, 3.63) is 72.3 Å². The van der Waals surface area contributed by atoms with E-state index in [0.29, 0.717) is 40.4 Å². The van der Waals surface area contributed by atoms with Gasteiger partial charge in [0.2, 0.25) is 5.75 Å². The lowest BCUT2D eigenvalue weighted by Gasteiger charge is -2.15. The number of carbonyl (C=O) groups excluding carboxylic acids is 1. The third kappa shape index (κ3) is 6.68. The fourth-order valence-corrected chi connectivity index (χ4v) is 4.47. The topological polar surface area (TPSA) is 109 Å². The summed E-state index contributed by atoms with van der Waals surface area (Å²) in [5.41, 5.74) is 4.94. The molecule has 39 heavy (non-hydrogen) atoms. The van der Waals surface area contributed by atoms with E-state index in [4.69, 9.17) is 18.9 Å². The lowest BCUT2D eigenvalue weighted by Crippen LogP contribution is -2.20. The highest BCUT2D eigenvalue weighted by molar-refractivity contribution is 7.99. The Morgan fingerprint density at radius 1 is 0.974 bits per heavy atom. The zero-order chi connectivity index (χ0) is 27.6. The van der Waals surface area contributed by atoms with Crippen LogP contribution in [0.5, 0.6) is 23.0 Å². The average molecular weight is 548 g/mol. The summed E-state index contributed by atoms with van der Waals surface area (Å²) in [4.78, 5) is 12.5. The van der Waals surface area contributed by atoms with Gasteiger partial charge in [0.05, 0.1) is 39.9 Å². The van der Waals surface area contributed by atoms with Gasteiger partial charge in [0.25, 0.3) is 5.91 Å². The molecule has 11 heteroatoms. The van der Waals surface area contributed by atoms with Crippen molar-refractivity contribution in [2.45, 2.75) is 12.1 Å². The van der Waals surface area contributed by atoms with Crippen molar-refractivity contribution in [1.29, 1.82) is 0 Å². The Morgan fingerprint density at radius 2 is 1.67 bits per heavy atom. The minimum atomic E-state index is -0.279. The molecule has 4 aromatic rings. The summed E-state index contributed by atoms with van der Waals surface area (Å²) >= 11 is 1.25. The molecular formula is C28H29N5O5S. The average Bonchev–Trinajstić information content (AvgIpc) is 3.40. The van der Waals surface area contributed by atoms with Gasteiger partial charge in [-0.2, -0.15) is 5.10 Å². The van der Waals surface area contributed by atoms with E-state index in [0.717, 1.165) is 17.0 Å². The number of nitrogens with one attached hydrogen (secondary N) is 1. The number of benzene rings is 3. The number of carbonyl (C=O) groups is 1. The molecule has 0 aliphatic carbocycles. The number of ether oxygens (including phenoxy) is 4. The molecule has 10 nitrogen and oxygen atoms in total. The number of para-hydroxylation sites is 1. The van der Waals surface area contributed by atoms with Gasteiger partial charge in [0.1, 0.15) is 5.75 Å². The molecule has 0 bridgehead atoms. The van der Waals surface area contributed by atoms with E-state index in [1.54, 1.807) is 27.5 Å². The first-order valence-electron chi connectivity index (χ1n) is 12.1. The van der Waals surface area contributed by atoms with Crippen LogP contribution in [0.2, 0.25) is 0 Å². The maximum Gasteiger partial charge on any atom is 0.250 e. The third-order valence-electron chi connectivity index (χ3n) is 5.50. The van der Waals surface area contributed by atoms with Crippen molar-refractivity contribution in [3.63, 3.8) is 0 Å². The summed E-state index contributed by atoms with van der Waals surface area (Å²) in [5.74, 6) is 2.61. The van der Waals surface area contributed by atoms with Crippen molar-refractivity contribution in [3.8, 4) is 40.1 Å². The number of thioether (sulfide) groups is 1. The van der Waals surface area contributed by atoms with Crippen LogP contribution >= 0.6 is 11.8 Å². The minimum absolute atomic E-state index is 0.0842. The molecule has 0 saturated carbocycles. The van der Waals surface area contributed by atoms with Gasteiger partial charge < -0.3 is 18.9 Å². The van der Waals surface area contributed by atoms with Gasteiger partial charge in [-0.05, 0) is 61.0 Å². The second kappa shape index (κ2) is 13.3. The molecule has 0 aliphatic rings. The first-order chi connectivity index (χ1) is 19.1. The quantitative estimate of drug-likeness (QED) is 0.156. The van der Waals surface area contributed by atoms with Gasteiger partial charge in [-0.1, -0.05) is 30.0 Å². The highest BCUT2D eigenvalue weighted by Gasteiger charge is 2.21. The molecule has 1 N–H and O–H groups in total. The maximum atomic E-state index is 12.5. The Kier molecular flexibility index (Phi) is 9.41. The van der Waals surface area contributed by atoms with Crippen LogP contribution in [0, 0.1) is 0 Å². The standard InChI is InChI=1S/C28H29N5O5S/c1-5-38-22-13-11-19(12-14-22)17-29-30-25(34)18-39-28-32-31-27(33(28)21-9-7-6-8-10-21)20-15-23(35-2)26(37-4)24(16-20)36-3/h6-17H,5,18H2,1-4H3,(H,30,34). The second-order valence-corrected chi connectivity index (χ2v) is 8.92. The number of hydrazone groups is 1. The van der Waals surface area contributed by atoms with Crippen LogP contribution < -0.4 is 24.4 Å². The van der Waals surface area contributed by atoms with E-state index in [1.165, 1.54) is 11.8 Å². The first-order valence-corrected chi connectivity index (χ1v) is 13.0. The molecule has 0 saturated heterocycles. The maximum absolute atomic E-state index is 12.5. The van der Waals surface area contributed by atoms with Gasteiger partial charge in [-0.25, -0.2) is 5.43 Å². The van der Waals surface area contributed by atoms with Crippen molar-refractivity contribution in [2.24, 2.45) is 5.10 Å². The molecule has 1 aromatic heterocycles. The van der Waals surface area contributed by atoms with E-state index in [2.05, 4.69) is 20.7 Å². The fraction of sp³-hybridized carbons (Fsp3) is 0.214. The van der Waals surface area contributed by atoms with Crippen LogP contribution in [-0.4, -0.2) is 60.6 Å². The zero-order valence-electron chi connectivity index (χ0n) is 22.1. The fourth-order valence-electron chi connectivity index (χ4n) is 3.73. The van der Waals surface area contributed by atoms with Gasteiger partial charge in [0.15, 0.2) is 22.5 Å². The van der Waals surface area contributed by atoms with Crippen molar-refractivity contribution in [1.82, 2.24) is 20.2 Å². The van der Waals surface area contributed by atoms with Gasteiger partial charge in [0, 0.05) is 11.3 Å². The number of methoxy groups -OCH3 is 3. The minimum Gasteiger partial charge on any atom is -0.494 e. The molecule has 0 fully saturated rings. The zero-order valence-corrected chi connectivity index (χ0v) is 22.9. The molecule has 0 unspecified atom stereocenters. The van der Waals surface area contributed by atoms with E-state index in [1.807, 2.05) is 78.2 Å². The Bertz CT molecular complexity index is 1400. The Morgan fingerprint density at radius 3 is 2.28 bits per heavy atom. The molecule has 4 rings (SSSR count). The summed E-state index contributed by atoms with van der Waals surface area (Å²) in [6.45, 7) is 2.53. The summed E-state index contributed by atoms with van der Waals surface area (Å²) < 4.78 is 23.8. The van der Waals surface area contributed by atoms with Gasteiger partial charge >= 0.3 is 0 Å². The molecule has 1 heterocycles. The lowest BCUT2D eigenvalue weighted by atomic mass is 10.1. The largest absolute Gasteiger partial charge is 0.494 e. The van der Waals surface area contributed by atoms with Crippen LogP contribution in [-0.2, 0) is 4.79 Å². The van der Waals surface area contributed by atoms with E-state index >= 15 is 0 Å². The van der Waals surface area contributed by atoms with Crippen LogP contribution in [0.15, 0.2) is 77.0 Å². The molecule has 0 spiro atoms. The monoisotopic (exact) mass is 547 g/mol. The number of nitrogens with zero attached hydrogens (tertiary/aromatic N) is 4. The third-order valence-corrected chi connectivity index (χ3v) is 6.43. The van der Waals surface area contributed by atoms with E-state index < -0.39 is 0 Å². The Hall–Kier alpha value is -4.51. The number of aromatic nitrogens is 3. The number of rotatable bonds is 12. The second-order valence-electron chi connectivity index (χ2n) is 7.98. The van der Waals surface area contributed by atoms with E-state index in [9.17, 15) is 4.79 Å². The SMILES string of the molecule is CCOc1ccc(C=NNC(=O)CSc2nnc(-c3cc(OC)c(OC)c(OC)c3)n2-c2ccccc2)cc1. The van der Waals surface area contributed by atoms with Gasteiger partial charge in [-0.3, -0.25) is 9.36 Å². The predicted molar refractivity (Wildman–Crippen MR) is 151 cm³/mol. The van der Waals surface area contributed by atoms with E-state index in [-0.39, 0.29) is 11.7 Å². The Labute approximate surface area is 231 Å². The van der Waals surface area contributed by atoms with Gasteiger partial charge in [-0.15, -0.1) is 10.2 Å². The smallest absolute Gasteiger partial charge is 0.250 e. The molecule has 0 atom stereocenters. The van der Waals surface area contributed by atoms with Crippen LogP contribution in [0.3, 0.4) is 0 Å². The van der Waals surface area contributed by atoms with Crippen molar-refractivity contribution < 1.29 is 23.7 Å².